The predicted octanol–water partition coefficient (Wildman–Crippen LogP) is 7.65. The van der Waals surface area contributed by atoms with Gasteiger partial charge in [0.25, 0.3) is 0 Å². The van der Waals surface area contributed by atoms with Crippen LogP contribution in [0.5, 0.6) is 5.75 Å². The maximum Gasteiger partial charge on any atom is 0.119 e. The monoisotopic (exact) mass is 352 g/mol. The van der Waals surface area contributed by atoms with Gasteiger partial charge in [-0.1, -0.05) is 58.6 Å². The minimum atomic E-state index is 0.573. The number of unbranched alkanes of at least 4 members (excludes halogenated alkanes) is 3. The first kappa shape index (κ1) is 20.2. The van der Waals surface area contributed by atoms with Crippen LogP contribution in [0, 0.1) is 5.92 Å². The fourth-order valence-corrected chi connectivity index (χ4v) is 2.57. The highest BCUT2D eigenvalue weighted by atomic mass is 16.5. The molecule has 0 spiro atoms. The summed E-state index contributed by atoms with van der Waals surface area (Å²) in [6, 6.07) is 16.2. The van der Waals surface area contributed by atoms with Gasteiger partial charge >= 0.3 is 0 Å². The van der Waals surface area contributed by atoms with Crippen molar-refractivity contribution in [3.8, 4) is 5.75 Å². The molecular formula is C23H32N2O. The zero-order valence-electron chi connectivity index (χ0n) is 16.4. The molecule has 3 nitrogen and oxygen atoms in total. The molecule has 1 atom stereocenters. The zero-order chi connectivity index (χ0) is 18.6. The van der Waals surface area contributed by atoms with Gasteiger partial charge in [0.15, 0.2) is 0 Å². The molecule has 26 heavy (non-hydrogen) atoms. The first-order valence-electron chi connectivity index (χ1n) is 9.94. The average Bonchev–Trinajstić information content (AvgIpc) is 2.69. The molecule has 0 bridgehead atoms. The van der Waals surface area contributed by atoms with Gasteiger partial charge < -0.3 is 4.74 Å². The normalized spacial score (nSPS) is 12.4. The molecule has 0 N–H and O–H groups in total. The number of benzene rings is 2. The molecule has 140 valence electrons. The van der Waals surface area contributed by atoms with E-state index in [1.165, 1.54) is 31.2 Å². The fraction of sp³-hybridized carbons (Fsp3) is 0.478. The molecule has 0 aliphatic rings. The van der Waals surface area contributed by atoms with Gasteiger partial charge in [0.2, 0.25) is 0 Å². The van der Waals surface area contributed by atoms with E-state index in [1.807, 2.05) is 36.4 Å². The Hall–Kier alpha value is -2.16. The second-order valence-corrected chi connectivity index (χ2v) is 7.00. The molecule has 0 aliphatic carbocycles. The Morgan fingerprint density at radius 3 is 2.00 bits per heavy atom. The number of ether oxygens (including phenoxy) is 1. The van der Waals surface area contributed by atoms with Crippen molar-refractivity contribution >= 4 is 11.4 Å². The maximum absolute atomic E-state index is 5.76. The van der Waals surface area contributed by atoms with Crippen molar-refractivity contribution in [3.05, 3.63) is 54.1 Å². The molecule has 0 unspecified atom stereocenters. The number of nitrogens with zero attached hydrogens (tertiary/aromatic N) is 2. The van der Waals surface area contributed by atoms with Crippen molar-refractivity contribution < 1.29 is 4.74 Å². The third-order valence-electron chi connectivity index (χ3n) is 4.60. The minimum absolute atomic E-state index is 0.573. The molecule has 2 aromatic rings. The van der Waals surface area contributed by atoms with Gasteiger partial charge in [-0.15, -0.1) is 0 Å². The van der Waals surface area contributed by atoms with Crippen LogP contribution in [0.25, 0.3) is 0 Å². The van der Waals surface area contributed by atoms with E-state index in [1.54, 1.807) is 0 Å². The highest BCUT2D eigenvalue weighted by Crippen LogP contribution is 2.22. The SMILES string of the molecule is CCCCCCc1ccc(/N=N/c2ccc(OC[C@@H](C)CC)cc2)cc1. The summed E-state index contributed by atoms with van der Waals surface area (Å²) in [6.45, 7) is 7.37. The van der Waals surface area contributed by atoms with Crippen LogP contribution in [0.4, 0.5) is 11.4 Å². The summed E-state index contributed by atoms with van der Waals surface area (Å²) in [5.74, 6) is 1.46. The second-order valence-electron chi connectivity index (χ2n) is 7.00. The van der Waals surface area contributed by atoms with Crippen LogP contribution < -0.4 is 4.74 Å². The molecule has 0 saturated heterocycles. The maximum atomic E-state index is 5.76. The highest BCUT2D eigenvalue weighted by molar-refractivity contribution is 5.43. The smallest absolute Gasteiger partial charge is 0.119 e. The summed E-state index contributed by atoms with van der Waals surface area (Å²) in [5.41, 5.74) is 3.10. The van der Waals surface area contributed by atoms with Gasteiger partial charge in [-0.05, 0) is 60.7 Å². The minimum Gasteiger partial charge on any atom is -0.493 e. The average molecular weight is 353 g/mol. The largest absolute Gasteiger partial charge is 0.493 e. The molecule has 0 aliphatic heterocycles. The van der Waals surface area contributed by atoms with Gasteiger partial charge in [0.05, 0.1) is 18.0 Å². The van der Waals surface area contributed by atoms with Crippen molar-refractivity contribution in [3.63, 3.8) is 0 Å². The lowest BCUT2D eigenvalue weighted by Crippen LogP contribution is -2.06. The Balaban J connectivity index is 1.83. The second kappa shape index (κ2) is 11.5. The van der Waals surface area contributed by atoms with Crippen LogP contribution >= 0.6 is 0 Å². The lowest BCUT2D eigenvalue weighted by atomic mass is 10.1. The Labute approximate surface area is 158 Å². The van der Waals surface area contributed by atoms with Crippen molar-refractivity contribution in [2.24, 2.45) is 16.1 Å². The molecule has 3 heteroatoms. The van der Waals surface area contributed by atoms with Crippen molar-refractivity contribution in [1.82, 2.24) is 0 Å². The van der Waals surface area contributed by atoms with E-state index in [9.17, 15) is 0 Å². The topological polar surface area (TPSA) is 34.0 Å². The third kappa shape index (κ3) is 7.38. The molecule has 0 saturated carbocycles. The zero-order valence-corrected chi connectivity index (χ0v) is 16.4. The van der Waals surface area contributed by atoms with Crippen LogP contribution in [0.15, 0.2) is 58.8 Å². The van der Waals surface area contributed by atoms with Crippen LogP contribution in [0.3, 0.4) is 0 Å². The molecule has 0 radical (unpaired) electrons. The fourth-order valence-electron chi connectivity index (χ4n) is 2.57. The molecule has 0 aromatic heterocycles. The Kier molecular flexibility index (Phi) is 8.88. The Morgan fingerprint density at radius 2 is 1.42 bits per heavy atom. The summed E-state index contributed by atoms with van der Waals surface area (Å²) < 4.78 is 5.76. The van der Waals surface area contributed by atoms with Crippen molar-refractivity contribution in [1.29, 1.82) is 0 Å². The lowest BCUT2D eigenvalue weighted by Gasteiger charge is -2.10. The van der Waals surface area contributed by atoms with E-state index < -0.39 is 0 Å². The van der Waals surface area contributed by atoms with E-state index in [-0.39, 0.29) is 0 Å². The highest BCUT2D eigenvalue weighted by Gasteiger charge is 2.00. The van der Waals surface area contributed by atoms with Crippen LogP contribution in [-0.2, 0) is 6.42 Å². The van der Waals surface area contributed by atoms with Gasteiger partial charge in [-0.25, -0.2) is 0 Å². The van der Waals surface area contributed by atoms with E-state index in [0.29, 0.717) is 5.92 Å². The first-order valence-corrected chi connectivity index (χ1v) is 9.94. The quantitative estimate of drug-likeness (QED) is 0.302. The van der Waals surface area contributed by atoms with Crippen molar-refractivity contribution in [2.45, 2.75) is 59.3 Å². The van der Waals surface area contributed by atoms with Gasteiger partial charge in [-0.3, -0.25) is 0 Å². The van der Waals surface area contributed by atoms with E-state index in [2.05, 4.69) is 43.1 Å². The van der Waals surface area contributed by atoms with Gasteiger partial charge in [0.1, 0.15) is 5.75 Å². The van der Waals surface area contributed by atoms with E-state index in [0.717, 1.165) is 36.6 Å². The Bertz CT molecular complexity index is 647. The summed E-state index contributed by atoms with van der Waals surface area (Å²) in [4.78, 5) is 0. The predicted molar refractivity (Wildman–Crippen MR) is 110 cm³/mol. The summed E-state index contributed by atoms with van der Waals surface area (Å²) in [7, 11) is 0. The van der Waals surface area contributed by atoms with Gasteiger partial charge in [0, 0.05) is 0 Å². The summed E-state index contributed by atoms with van der Waals surface area (Å²) in [5, 5.41) is 8.64. The Morgan fingerprint density at radius 1 is 0.808 bits per heavy atom. The number of hydrogen-bond donors (Lipinski definition) is 0. The molecule has 2 aromatic carbocycles. The number of azo groups is 1. The molecule has 0 heterocycles. The van der Waals surface area contributed by atoms with Gasteiger partial charge in [-0.2, -0.15) is 10.2 Å². The standard InChI is InChI=1S/C23H32N2O/c1-4-6-7-8-9-20-10-12-21(13-11-20)24-25-22-14-16-23(17-15-22)26-18-19(3)5-2/h10-17,19H,4-9,18H2,1-3H3/b25-24+/t19-/m0/s1. The first-order chi connectivity index (χ1) is 12.7. The molecule has 0 amide bonds. The molecule has 0 fully saturated rings. The van der Waals surface area contributed by atoms with Crippen LogP contribution in [0.2, 0.25) is 0 Å². The van der Waals surface area contributed by atoms with Crippen LogP contribution in [-0.4, -0.2) is 6.61 Å². The number of hydrogen-bond acceptors (Lipinski definition) is 3. The number of rotatable bonds is 11. The molecular weight excluding hydrogens is 320 g/mol. The van der Waals surface area contributed by atoms with E-state index in [4.69, 9.17) is 4.74 Å². The molecule has 2 rings (SSSR count). The summed E-state index contributed by atoms with van der Waals surface area (Å²) in [6.07, 6.45) is 7.46. The summed E-state index contributed by atoms with van der Waals surface area (Å²) >= 11 is 0. The lowest BCUT2D eigenvalue weighted by molar-refractivity contribution is 0.256. The van der Waals surface area contributed by atoms with Crippen LogP contribution in [0.1, 0.15) is 58.4 Å². The van der Waals surface area contributed by atoms with Crippen molar-refractivity contribution in [2.75, 3.05) is 6.61 Å². The van der Waals surface area contributed by atoms with E-state index >= 15 is 0 Å². The third-order valence-corrected chi connectivity index (χ3v) is 4.60. The number of aryl methyl sites for hydroxylation is 1.